The molecule has 1 aliphatic carbocycles. The van der Waals surface area contributed by atoms with Crippen LogP contribution in [0.1, 0.15) is 17.7 Å². The molecule has 0 saturated heterocycles. The fraction of sp³-hybridized carbons (Fsp3) is 0.583. The molecule has 0 aromatic carbocycles. The van der Waals surface area contributed by atoms with Gasteiger partial charge in [0.2, 0.25) is 5.91 Å². The number of hydrogen-bond acceptors (Lipinski definition) is 4. The number of aromatic nitrogens is 2. The molecule has 6 nitrogen and oxygen atoms in total. The summed E-state index contributed by atoms with van der Waals surface area (Å²) in [7, 11) is 1.46. The van der Waals surface area contributed by atoms with Crippen molar-refractivity contribution in [1.29, 1.82) is 0 Å². The summed E-state index contributed by atoms with van der Waals surface area (Å²) < 4.78 is 6.11. The van der Waals surface area contributed by atoms with Gasteiger partial charge in [-0.15, -0.1) is 0 Å². The van der Waals surface area contributed by atoms with Gasteiger partial charge < -0.3 is 10.1 Å². The highest BCUT2D eigenvalue weighted by molar-refractivity contribution is 5.77. The highest BCUT2D eigenvalue weighted by Crippen LogP contribution is 2.16. The summed E-state index contributed by atoms with van der Waals surface area (Å²) in [5.41, 5.74) is 1.98. The zero-order valence-corrected chi connectivity index (χ0v) is 10.4. The maximum atomic E-state index is 11.7. The number of hydrogen-bond donors (Lipinski definition) is 1. The van der Waals surface area contributed by atoms with Crippen molar-refractivity contribution >= 4 is 5.91 Å². The molecule has 2 rings (SSSR count). The average molecular weight is 251 g/mol. The predicted molar refractivity (Wildman–Crippen MR) is 65.4 cm³/mol. The molecule has 0 aliphatic heterocycles. The molecule has 1 N–H and O–H groups in total. The van der Waals surface area contributed by atoms with Crippen LogP contribution in [0, 0.1) is 0 Å². The normalized spacial score (nSPS) is 13.4. The minimum absolute atomic E-state index is 0.0342. The van der Waals surface area contributed by atoms with Crippen molar-refractivity contribution in [2.75, 3.05) is 20.3 Å². The Balaban J connectivity index is 1.94. The Bertz CT molecular complexity index is 496. The van der Waals surface area contributed by atoms with Crippen LogP contribution in [-0.4, -0.2) is 35.9 Å². The Hall–Kier alpha value is -1.69. The summed E-state index contributed by atoms with van der Waals surface area (Å²) >= 11 is 0. The minimum Gasteiger partial charge on any atom is -0.375 e. The van der Waals surface area contributed by atoms with Gasteiger partial charge in [-0.1, -0.05) is 0 Å². The van der Waals surface area contributed by atoms with Crippen molar-refractivity contribution in [3.8, 4) is 0 Å². The van der Waals surface area contributed by atoms with Gasteiger partial charge in [0.1, 0.15) is 6.61 Å². The lowest BCUT2D eigenvalue weighted by atomic mass is 10.2. The van der Waals surface area contributed by atoms with E-state index < -0.39 is 0 Å². The molecule has 0 bridgehead atoms. The van der Waals surface area contributed by atoms with E-state index in [0.717, 1.165) is 30.5 Å². The van der Waals surface area contributed by atoms with Crippen molar-refractivity contribution in [2.45, 2.75) is 25.8 Å². The van der Waals surface area contributed by atoms with Gasteiger partial charge in [0, 0.05) is 19.7 Å². The molecule has 98 valence electrons. The summed E-state index contributed by atoms with van der Waals surface area (Å²) in [5, 5.41) is 6.98. The third kappa shape index (κ3) is 2.95. The van der Waals surface area contributed by atoms with Crippen LogP contribution in [0.25, 0.3) is 0 Å². The molecule has 1 amide bonds. The second-order valence-electron chi connectivity index (χ2n) is 4.31. The van der Waals surface area contributed by atoms with Crippen molar-refractivity contribution in [3.05, 3.63) is 27.7 Å². The van der Waals surface area contributed by atoms with Crippen LogP contribution in [0.3, 0.4) is 0 Å². The zero-order valence-electron chi connectivity index (χ0n) is 10.4. The Labute approximate surface area is 105 Å². The SMILES string of the molecule is COCC(=O)NCCn1nc2c(cc1=O)CCC2. The molecule has 0 radical (unpaired) electrons. The standard InChI is InChI=1S/C12H17N3O3/c1-18-8-11(16)13-5-6-15-12(17)7-9-3-2-4-10(9)14-15/h7H,2-6,8H2,1H3,(H,13,16). The van der Waals surface area contributed by atoms with E-state index in [1.165, 1.54) is 11.8 Å². The average Bonchev–Trinajstić information content (AvgIpc) is 2.76. The lowest BCUT2D eigenvalue weighted by Gasteiger charge is -2.08. The number of rotatable bonds is 5. The van der Waals surface area contributed by atoms with Crippen LogP contribution in [-0.2, 0) is 28.9 Å². The van der Waals surface area contributed by atoms with Crippen LogP contribution >= 0.6 is 0 Å². The summed E-state index contributed by atoms with van der Waals surface area (Å²) in [6.07, 6.45) is 2.95. The summed E-state index contributed by atoms with van der Waals surface area (Å²) in [4.78, 5) is 22.9. The first-order valence-electron chi connectivity index (χ1n) is 6.06. The maximum Gasteiger partial charge on any atom is 0.267 e. The van der Waals surface area contributed by atoms with Crippen LogP contribution < -0.4 is 10.9 Å². The lowest BCUT2D eigenvalue weighted by Crippen LogP contribution is -2.34. The third-order valence-corrected chi connectivity index (χ3v) is 2.95. The fourth-order valence-electron chi connectivity index (χ4n) is 2.08. The molecule has 0 unspecified atom stereocenters. The van der Waals surface area contributed by atoms with Gasteiger partial charge in [-0.25, -0.2) is 4.68 Å². The van der Waals surface area contributed by atoms with Gasteiger partial charge in [0.05, 0.1) is 12.2 Å². The van der Waals surface area contributed by atoms with E-state index in [1.807, 2.05) is 0 Å². The van der Waals surface area contributed by atoms with Gasteiger partial charge in [0.15, 0.2) is 0 Å². The zero-order chi connectivity index (χ0) is 13.0. The third-order valence-electron chi connectivity index (χ3n) is 2.95. The number of carbonyl (C=O) groups is 1. The van der Waals surface area contributed by atoms with Crippen molar-refractivity contribution in [1.82, 2.24) is 15.1 Å². The minimum atomic E-state index is -0.188. The summed E-state index contributed by atoms with van der Waals surface area (Å²) in [6.45, 7) is 0.808. The summed E-state index contributed by atoms with van der Waals surface area (Å²) in [5.74, 6) is -0.188. The highest BCUT2D eigenvalue weighted by atomic mass is 16.5. The first-order valence-corrected chi connectivity index (χ1v) is 6.06. The van der Waals surface area contributed by atoms with Gasteiger partial charge in [0.25, 0.3) is 5.56 Å². The van der Waals surface area contributed by atoms with Crippen molar-refractivity contribution in [2.24, 2.45) is 0 Å². The van der Waals surface area contributed by atoms with Crippen molar-refractivity contribution < 1.29 is 9.53 Å². The number of fused-ring (bicyclic) bond motifs is 1. The molecule has 0 fully saturated rings. The summed E-state index contributed by atoms with van der Waals surface area (Å²) in [6, 6.07) is 1.66. The van der Waals surface area contributed by atoms with E-state index >= 15 is 0 Å². The molecule has 0 atom stereocenters. The van der Waals surface area contributed by atoms with E-state index in [1.54, 1.807) is 6.07 Å². The molecule has 6 heteroatoms. The Kier molecular flexibility index (Phi) is 4.09. The fourth-order valence-corrected chi connectivity index (χ4v) is 2.08. The second-order valence-corrected chi connectivity index (χ2v) is 4.31. The number of methoxy groups -OCH3 is 1. The molecular weight excluding hydrogens is 234 g/mol. The first-order chi connectivity index (χ1) is 8.70. The number of aryl methyl sites for hydroxylation is 2. The Morgan fingerprint density at radius 2 is 2.39 bits per heavy atom. The number of nitrogens with one attached hydrogen (secondary N) is 1. The van der Waals surface area contributed by atoms with Crippen LogP contribution in [0.2, 0.25) is 0 Å². The molecule has 1 aromatic heterocycles. The van der Waals surface area contributed by atoms with Crippen molar-refractivity contribution in [3.63, 3.8) is 0 Å². The lowest BCUT2D eigenvalue weighted by molar-refractivity contribution is -0.124. The second kappa shape index (κ2) is 5.77. The van der Waals surface area contributed by atoms with Crippen LogP contribution in [0.4, 0.5) is 0 Å². The van der Waals surface area contributed by atoms with E-state index in [4.69, 9.17) is 4.74 Å². The Morgan fingerprint density at radius 1 is 1.56 bits per heavy atom. The monoisotopic (exact) mass is 251 g/mol. The van der Waals surface area contributed by atoms with Gasteiger partial charge in [-0.3, -0.25) is 9.59 Å². The topological polar surface area (TPSA) is 73.2 Å². The molecule has 1 aliphatic rings. The molecule has 0 spiro atoms. The number of nitrogens with zero attached hydrogens (tertiary/aromatic N) is 2. The van der Waals surface area contributed by atoms with Gasteiger partial charge in [-0.05, 0) is 24.8 Å². The van der Waals surface area contributed by atoms with E-state index in [2.05, 4.69) is 10.4 Å². The molecular formula is C12H17N3O3. The van der Waals surface area contributed by atoms with Gasteiger partial charge >= 0.3 is 0 Å². The number of amides is 1. The molecule has 1 aromatic rings. The quantitative estimate of drug-likeness (QED) is 0.765. The van der Waals surface area contributed by atoms with Gasteiger partial charge in [-0.2, -0.15) is 5.10 Å². The van der Waals surface area contributed by atoms with Crippen LogP contribution in [0.5, 0.6) is 0 Å². The molecule has 18 heavy (non-hydrogen) atoms. The Morgan fingerprint density at radius 3 is 3.17 bits per heavy atom. The van der Waals surface area contributed by atoms with E-state index in [0.29, 0.717) is 13.1 Å². The highest BCUT2D eigenvalue weighted by Gasteiger charge is 2.14. The smallest absolute Gasteiger partial charge is 0.267 e. The molecule has 0 saturated carbocycles. The molecule has 1 heterocycles. The van der Waals surface area contributed by atoms with Crippen LogP contribution in [0.15, 0.2) is 10.9 Å². The van der Waals surface area contributed by atoms with E-state index in [-0.39, 0.29) is 18.1 Å². The first kappa shape index (κ1) is 12.8. The van der Waals surface area contributed by atoms with E-state index in [9.17, 15) is 9.59 Å². The number of carbonyl (C=O) groups excluding carboxylic acids is 1. The number of ether oxygens (including phenoxy) is 1. The predicted octanol–water partition coefficient (Wildman–Crippen LogP) is -0.505. The largest absolute Gasteiger partial charge is 0.375 e. The maximum absolute atomic E-state index is 11.7.